The topological polar surface area (TPSA) is 146 Å². The first-order valence-corrected chi connectivity index (χ1v) is 15.6. The van der Waals surface area contributed by atoms with E-state index in [4.69, 9.17) is 28.4 Å². The average molecular weight is 649 g/mol. The average Bonchev–Trinajstić information content (AvgIpc) is 3.46. The molecule has 0 bridgehead atoms. The number of nitrogens with one attached hydrogen (secondary N) is 1. The largest absolute Gasteiger partial charge is 0.497 e. The van der Waals surface area contributed by atoms with Crippen LogP contribution in [0.25, 0.3) is 17.0 Å². The summed E-state index contributed by atoms with van der Waals surface area (Å²) in [6.07, 6.45) is 3.55. The molecule has 0 unspecified atom stereocenters. The fourth-order valence-electron chi connectivity index (χ4n) is 7.95. The highest BCUT2D eigenvalue weighted by molar-refractivity contribution is 5.95. The van der Waals surface area contributed by atoms with Crippen LogP contribution in [0, 0.1) is 17.8 Å². The van der Waals surface area contributed by atoms with Crippen molar-refractivity contribution in [1.29, 1.82) is 0 Å². The minimum atomic E-state index is -1.20. The van der Waals surface area contributed by atoms with Crippen molar-refractivity contribution in [3.63, 3.8) is 0 Å². The molecule has 6 atom stereocenters. The Morgan fingerprint density at radius 2 is 1.72 bits per heavy atom. The number of aromatic carboxylic acids is 1. The molecule has 12 nitrogen and oxygen atoms in total. The number of aromatic amines is 1. The Hall–Kier alpha value is -4.55. The third kappa shape index (κ3) is 5.91. The number of methoxy groups -OCH3 is 5. The molecule has 2 fully saturated rings. The van der Waals surface area contributed by atoms with Crippen LogP contribution in [0.1, 0.15) is 46.1 Å². The second kappa shape index (κ2) is 13.3. The molecule has 2 aliphatic heterocycles. The quantitative estimate of drug-likeness (QED) is 0.254. The summed E-state index contributed by atoms with van der Waals surface area (Å²) < 4.78 is 33.1. The van der Waals surface area contributed by atoms with Gasteiger partial charge in [-0.15, -0.1) is 0 Å². The number of carbonyl (C=O) groups is 3. The SMILES string of the molecule is COC(=O)[C@H]1[C@H]2C[C@@H]3c4[nH]c5cc(OC)ccc5c4CCN3C[C@H]2C[C@@H](OC(=O)/C=C/c2cc(OC)c(C(=O)O)c(OC)c2)[C@@H]1OC. The molecule has 0 radical (unpaired) electrons. The van der Waals surface area contributed by atoms with E-state index >= 15 is 0 Å². The predicted octanol–water partition coefficient (Wildman–Crippen LogP) is 4.26. The summed E-state index contributed by atoms with van der Waals surface area (Å²) in [6, 6.07) is 9.21. The molecule has 2 aromatic carbocycles. The van der Waals surface area contributed by atoms with Gasteiger partial charge in [-0.1, -0.05) is 0 Å². The summed E-state index contributed by atoms with van der Waals surface area (Å²) in [5, 5.41) is 10.8. The van der Waals surface area contributed by atoms with Gasteiger partial charge in [0, 0.05) is 48.9 Å². The number of carbonyl (C=O) groups excluding carboxylic acids is 2. The Morgan fingerprint density at radius 3 is 2.36 bits per heavy atom. The Morgan fingerprint density at radius 1 is 0.979 bits per heavy atom. The predicted molar refractivity (Wildman–Crippen MR) is 171 cm³/mol. The molecule has 250 valence electrons. The molecule has 3 aromatic rings. The molecule has 0 amide bonds. The summed E-state index contributed by atoms with van der Waals surface area (Å²) in [5.41, 5.74) is 3.89. The summed E-state index contributed by atoms with van der Waals surface area (Å²) in [7, 11) is 7.27. The van der Waals surface area contributed by atoms with Gasteiger partial charge < -0.3 is 38.5 Å². The second-order valence-electron chi connectivity index (χ2n) is 12.2. The van der Waals surface area contributed by atoms with E-state index < -0.39 is 30.1 Å². The maximum Gasteiger partial charge on any atom is 0.343 e. The molecule has 47 heavy (non-hydrogen) atoms. The van der Waals surface area contributed by atoms with Crippen LogP contribution in [-0.4, -0.2) is 93.7 Å². The fourth-order valence-corrected chi connectivity index (χ4v) is 7.95. The molecular weight excluding hydrogens is 608 g/mol. The number of carboxylic acid groups (broad SMARTS) is 1. The number of H-pyrrole nitrogens is 1. The van der Waals surface area contributed by atoms with Crippen molar-refractivity contribution in [1.82, 2.24) is 9.88 Å². The number of esters is 2. The van der Waals surface area contributed by atoms with Crippen molar-refractivity contribution in [3.05, 3.63) is 58.8 Å². The minimum absolute atomic E-state index is 0.0429. The fraction of sp³-hybridized carbons (Fsp3) is 0.457. The number of ether oxygens (including phenoxy) is 6. The lowest BCUT2D eigenvalue weighted by molar-refractivity contribution is -0.187. The third-order valence-electron chi connectivity index (χ3n) is 10.0. The van der Waals surface area contributed by atoms with Gasteiger partial charge in [-0.3, -0.25) is 9.69 Å². The maximum absolute atomic E-state index is 13.4. The van der Waals surface area contributed by atoms with Crippen molar-refractivity contribution >= 4 is 34.9 Å². The van der Waals surface area contributed by atoms with E-state index in [1.54, 1.807) is 7.11 Å². The highest BCUT2D eigenvalue weighted by Gasteiger charge is 2.54. The summed E-state index contributed by atoms with van der Waals surface area (Å²) in [6.45, 7) is 1.63. The normalized spacial score (nSPS) is 25.4. The monoisotopic (exact) mass is 648 g/mol. The molecule has 3 aliphatic rings. The van der Waals surface area contributed by atoms with E-state index in [1.807, 2.05) is 12.1 Å². The Kier molecular flexibility index (Phi) is 9.16. The van der Waals surface area contributed by atoms with Crippen LogP contribution >= 0.6 is 0 Å². The molecule has 2 N–H and O–H groups in total. The molecule has 12 heteroatoms. The first-order valence-electron chi connectivity index (χ1n) is 15.6. The lowest BCUT2D eigenvalue weighted by Gasteiger charge is -2.52. The molecule has 1 saturated carbocycles. The van der Waals surface area contributed by atoms with Crippen molar-refractivity contribution in [2.75, 3.05) is 48.6 Å². The standard InChI is InChI=1S/C35H40N2O10/c1-42-20-7-8-21-22-10-11-37-17-19-14-28(47-29(38)9-6-18-12-26(43-2)31(34(39)40)27(13-18)44-3)33(45-4)30(35(41)46-5)23(19)16-25(37)32(22)36-24(21)15-20/h6-9,12-13,15,19,23,25,28,30,33,36H,10-11,14,16-17H2,1-5H3,(H,39,40)/b9-6+/t19-,23+,25-,28-,30+,33+/m1/s1. The van der Waals surface area contributed by atoms with Crippen LogP contribution in [-0.2, 0) is 30.2 Å². The smallest absolute Gasteiger partial charge is 0.343 e. The first-order chi connectivity index (χ1) is 22.7. The minimum Gasteiger partial charge on any atom is -0.497 e. The van der Waals surface area contributed by atoms with Crippen LogP contribution in [0.2, 0.25) is 0 Å². The molecular formula is C35H40N2O10. The second-order valence-corrected chi connectivity index (χ2v) is 12.2. The number of aromatic nitrogens is 1. The summed E-state index contributed by atoms with van der Waals surface area (Å²) in [5.74, 6) is -1.81. The van der Waals surface area contributed by atoms with E-state index in [-0.39, 0.29) is 40.9 Å². The van der Waals surface area contributed by atoms with E-state index in [1.165, 1.54) is 69.4 Å². The number of rotatable bonds is 9. The molecule has 1 aromatic heterocycles. The van der Waals surface area contributed by atoms with Crippen LogP contribution in [0.5, 0.6) is 17.2 Å². The van der Waals surface area contributed by atoms with E-state index in [2.05, 4.69) is 16.0 Å². The molecule has 3 heterocycles. The van der Waals surface area contributed by atoms with Gasteiger partial charge in [0.05, 0.1) is 40.4 Å². The van der Waals surface area contributed by atoms with Gasteiger partial charge in [-0.05, 0) is 72.6 Å². The molecule has 0 spiro atoms. The zero-order valence-corrected chi connectivity index (χ0v) is 27.1. The van der Waals surface area contributed by atoms with Crippen molar-refractivity contribution < 1.29 is 47.9 Å². The van der Waals surface area contributed by atoms with Crippen LogP contribution in [0.15, 0.2) is 36.4 Å². The van der Waals surface area contributed by atoms with Gasteiger partial charge in [-0.2, -0.15) is 0 Å². The number of piperidine rings is 1. The van der Waals surface area contributed by atoms with Gasteiger partial charge >= 0.3 is 17.9 Å². The maximum atomic E-state index is 13.4. The number of hydrogen-bond donors (Lipinski definition) is 2. The van der Waals surface area contributed by atoms with Gasteiger partial charge in [0.25, 0.3) is 0 Å². The zero-order chi connectivity index (χ0) is 33.4. The third-order valence-corrected chi connectivity index (χ3v) is 10.0. The molecule has 6 rings (SSSR count). The Balaban J connectivity index is 1.24. The number of fused-ring (bicyclic) bond motifs is 6. The highest BCUT2D eigenvalue weighted by Crippen LogP contribution is 2.50. The van der Waals surface area contributed by atoms with Crippen molar-refractivity contribution in [2.45, 2.75) is 37.5 Å². The van der Waals surface area contributed by atoms with E-state index in [0.29, 0.717) is 12.0 Å². The highest BCUT2D eigenvalue weighted by atomic mass is 16.6. The summed E-state index contributed by atoms with van der Waals surface area (Å²) in [4.78, 5) is 44.4. The summed E-state index contributed by atoms with van der Waals surface area (Å²) >= 11 is 0. The van der Waals surface area contributed by atoms with E-state index in [0.717, 1.165) is 37.2 Å². The lowest BCUT2D eigenvalue weighted by atomic mass is 9.63. The Bertz CT molecular complexity index is 1690. The Labute approximate surface area is 272 Å². The zero-order valence-electron chi connectivity index (χ0n) is 27.1. The van der Waals surface area contributed by atoms with Crippen LogP contribution in [0.4, 0.5) is 0 Å². The van der Waals surface area contributed by atoms with Crippen LogP contribution in [0.3, 0.4) is 0 Å². The van der Waals surface area contributed by atoms with Crippen LogP contribution < -0.4 is 14.2 Å². The molecule has 1 aliphatic carbocycles. The lowest BCUT2D eigenvalue weighted by Crippen LogP contribution is -2.58. The number of carboxylic acids is 1. The number of benzene rings is 2. The van der Waals surface area contributed by atoms with E-state index in [9.17, 15) is 19.5 Å². The van der Waals surface area contributed by atoms with Gasteiger partial charge in [0.15, 0.2) is 0 Å². The van der Waals surface area contributed by atoms with Crippen molar-refractivity contribution in [2.24, 2.45) is 17.8 Å². The van der Waals surface area contributed by atoms with Crippen molar-refractivity contribution in [3.8, 4) is 17.2 Å². The van der Waals surface area contributed by atoms with Gasteiger partial charge in [0.2, 0.25) is 0 Å². The van der Waals surface area contributed by atoms with Gasteiger partial charge in [0.1, 0.15) is 35.0 Å². The number of nitrogens with zero attached hydrogens (tertiary/aromatic N) is 1. The first kappa shape index (κ1) is 32.4. The number of hydrogen-bond acceptors (Lipinski definition) is 10. The van der Waals surface area contributed by atoms with Gasteiger partial charge in [-0.25, -0.2) is 9.59 Å². The molecule has 1 saturated heterocycles.